The number of rotatable bonds is 5. The highest BCUT2D eigenvalue weighted by Crippen LogP contribution is 2.30. The van der Waals surface area contributed by atoms with E-state index in [1.165, 1.54) is 0 Å². The average Bonchev–Trinajstić information content (AvgIpc) is 3.00. The van der Waals surface area contributed by atoms with Gasteiger partial charge in [0.25, 0.3) is 17.7 Å². The fraction of sp³-hybridized carbons (Fsp3) is 0.115. The van der Waals surface area contributed by atoms with Gasteiger partial charge in [-0.1, -0.05) is 47.0 Å². The second-order valence-corrected chi connectivity index (χ2v) is 8.32. The molecule has 33 heavy (non-hydrogen) atoms. The number of nitrogens with one attached hydrogen (secondary N) is 2. The number of anilines is 3. The SMILES string of the molecule is Cc1ccc(N2C(=O)C(Cl)=C(Nc3ccc(C(=O)Nc4ccc(C)cc4C)cc3)C2=O)cc1. The highest BCUT2D eigenvalue weighted by Gasteiger charge is 2.38. The molecule has 6 nitrogen and oxygen atoms in total. The molecule has 1 aliphatic rings. The second-order valence-electron chi connectivity index (χ2n) is 7.95. The molecule has 3 aromatic rings. The van der Waals surface area contributed by atoms with Crippen molar-refractivity contribution >= 4 is 46.4 Å². The van der Waals surface area contributed by atoms with Gasteiger partial charge in [0.1, 0.15) is 10.7 Å². The molecule has 0 atom stereocenters. The highest BCUT2D eigenvalue weighted by molar-refractivity contribution is 6.53. The molecular formula is C26H22ClN3O3. The zero-order chi connectivity index (χ0) is 23.7. The van der Waals surface area contributed by atoms with Crippen LogP contribution in [0.2, 0.25) is 0 Å². The Morgan fingerprint density at radius 1 is 0.818 bits per heavy atom. The molecule has 0 saturated carbocycles. The summed E-state index contributed by atoms with van der Waals surface area (Å²) in [5.74, 6) is -1.37. The zero-order valence-corrected chi connectivity index (χ0v) is 19.2. The van der Waals surface area contributed by atoms with Gasteiger partial charge in [0, 0.05) is 16.9 Å². The van der Waals surface area contributed by atoms with Gasteiger partial charge in [-0.15, -0.1) is 0 Å². The van der Waals surface area contributed by atoms with Crippen molar-refractivity contribution in [2.45, 2.75) is 20.8 Å². The lowest BCUT2D eigenvalue weighted by atomic mass is 10.1. The molecule has 0 aliphatic carbocycles. The minimum Gasteiger partial charge on any atom is -0.350 e. The predicted molar refractivity (Wildman–Crippen MR) is 130 cm³/mol. The van der Waals surface area contributed by atoms with Gasteiger partial charge < -0.3 is 10.6 Å². The molecule has 2 N–H and O–H groups in total. The van der Waals surface area contributed by atoms with E-state index in [1.807, 2.05) is 51.1 Å². The summed E-state index contributed by atoms with van der Waals surface area (Å²) in [6.45, 7) is 5.85. The predicted octanol–water partition coefficient (Wildman–Crippen LogP) is 5.30. The first-order chi connectivity index (χ1) is 15.7. The van der Waals surface area contributed by atoms with E-state index in [4.69, 9.17) is 11.6 Å². The first kappa shape index (κ1) is 22.3. The fourth-order valence-electron chi connectivity index (χ4n) is 3.54. The lowest BCUT2D eigenvalue weighted by Gasteiger charge is -2.15. The molecule has 7 heteroatoms. The summed E-state index contributed by atoms with van der Waals surface area (Å²) in [5, 5.41) is 5.63. The summed E-state index contributed by atoms with van der Waals surface area (Å²) in [6.07, 6.45) is 0. The van der Waals surface area contributed by atoms with Crippen LogP contribution in [0.5, 0.6) is 0 Å². The maximum Gasteiger partial charge on any atom is 0.283 e. The number of hydrogen-bond acceptors (Lipinski definition) is 4. The Hall–Kier alpha value is -3.90. The number of imide groups is 1. The third-order valence-electron chi connectivity index (χ3n) is 5.37. The number of aryl methyl sites for hydroxylation is 3. The summed E-state index contributed by atoms with van der Waals surface area (Å²) in [4.78, 5) is 39.1. The van der Waals surface area contributed by atoms with Gasteiger partial charge in [-0.25, -0.2) is 4.90 Å². The van der Waals surface area contributed by atoms with E-state index < -0.39 is 11.8 Å². The van der Waals surface area contributed by atoms with Crippen LogP contribution in [0.1, 0.15) is 27.0 Å². The van der Waals surface area contributed by atoms with Crippen LogP contribution in [0.15, 0.2) is 77.5 Å². The van der Waals surface area contributed by atoms with Crippen molar-refractivity contribution in [2.75, 3.05) is 15.5 Å². The topological polar surface area (TPSA) is 78.5 Å². The van der Waals surface area contributed by atoms with Gasteiger partial charge in [0.15, 0.2) is 0 Å². The molecule has 166 valence electrons. The van der Waals surface area contributed by atoms with Gasteiger partial charge in [0.2, 0.25) is 0 Å². The first-order valence-corrected chi connectivity index (χ1v) is 10.7. The standard InChI is InChI=1S/C26H22ClN3O3/c1-15-4-11-20(12-5-15)30-25(32)22(27)23(26(30)33)28-19-9-7-18(8-10-19)24(31)29-21-13-6-16(2)14-17(21)3/h4-14,28H,1-3H3,(H,29,31). The minimum absolute atomic E-state index is 0.00489. The summed E-state index contributed by atoms with van der Waals surface area (Å²) in [5.41, 5.74) is 5.28. The largest absolute Gasteiger partial charge is 0.350 e. The molecule has 4 rings (SSSR count). The Balaban J connectivity index is 1.48. The summed E-state index contributed by atoms with van der Waals surface area (Å²) >= 11 is 6.19. The van der Waals surface area contributed by atoms with Crippen molar-refractivity contribution in [3.8, 4) is 0 Å². The number of carbonyl (C=O) groups excluding carboxylic acids is 3. The molecule has 0 saturated heterocycles. The van der Waals surface area contributed by atoms with Crippen LogP contribution < -0.4 is 15.5 Å². The Morgan fingerprint density at radius 2 is 1.45 bits per heavy atom. The molecule has 0 aromatic heterocycles. The normalized spacial score (nSPS) is 13.5. The molecule has 1 heterocycles. The molecule has 0 spiro atoms. The van der Waals surface area contributed by atoms with Crippen molar-refractivity contribution in [2.24, 2.45) is 0 Å². The van der Waals surface area contributed by atoms with Crippen LogP contribution in [-0.4, -0.2) is 17.7 Å². The Labute approximate surface area is 196 Å². The number of benzene rings is 3. The summed E-state index contributed by atoms with van der Waals surface area (Å²) in [7, 11) is 0. The smallest absolute Gasteiger partial charge is 0.283 e. The molecule has 0 unspecified atom stereocenters. The van der Waals surface area contributed by atoms with Crippen LogP contribution in [0.4, 0.5) is 17.1 Å². The summed E-state index contributed by atoms with van der Waals surface area (Å²) < 4.78 is 0. The van der Waals surface area contributed by atoms with Crippen molar-refractivity contribution in [1.29, 1.82) is 0 Å². The molecule has 0 radical (unpaired) electrons. The van der Waals surface area contributed by atoms with Gasteiger partial charge in [-0.2, -0.15) is 0 Å². The van der Waals surface area contributed by atoms with Crippen LogP contribution in [0.25, 0.3) is 0 Å². The van der Waals surface area contributed by atoms with E-state index in [-0.39, 0.29) is 16.6 Å². The van der Waals surface area contributed by atoms with Gasteiger partial charge in [-0.3, -0.25) is 14.4 Å². The summed E-state index contributed by atoms with van der Waals surface area (Å²) in [6, 6.07) is 19.4. The van der Waals surface area contributed by atoms with Gasteiger partial charge >= 0.3 is 0 Å². The first-order valence-electron chi connectivity index (χ1n) is 10.4. The maximum atomic E-state index is 12.9. The quantitative estimate of drug-likeness (QED) is 0.507. The second kappa shape index (κ2) is 8.92. The number of halogens is 1. The fourth-order valence-corrected chi connectivity index (χ4v) is 3.75. The average molecular weight is 460 g/mol. The monoisotopic (exact) mass is 459 g/mol. The third-order valence-corrected chi connectivity index (χ3v) is 5.72. The Bertz CT molecular complexity index is 1300. The van der Waals surface area contributed by atoms with E-state index in [9.17, 15) is 14.4 Å². The third kappa shape index (κ3) is 4.52. The van der Waals surface area contributed by atoms with Gasteiger partial charge in [-0.05, 0) is 68.8 Å². The number of nitrogens with zero attached hydrogens (tertiary/aromatic N) is 1. The Kier molecular flexibility index (Phi) is 6.03. The molecule has 0 bridgehead atoms. The minimum atomic E-state index is -0.586. The van der Waals surface area contributed by atoms with Crippen molar-refractivity contribution in [3.63, 3.8) is 0 Å². The van der Waals surface area contributed by atoms with Crippen LogP contribution in [0.3, 0.4) is 0 Å². The van der Waals surface area contributed by atoms with Crippen LogP contribution >= 0.6 is 11.6 Å². The molecular weight excluding hydrogens is 438 g/mol. The van der Waals surface area contributed by atoms with Crippen LogP contribution in [-0.2, 0) is 9.59 Å². The maximum absolute atomic E-state index is 12.9. The highest BCUT2D eigenvalue weighted by atomic mass is 35.5. The van der Waals surface area contributed by atoms with E-state index >= 15 is 0 Å². The van der Waals surface area contributed by atoms with E-state index in [0.29, 0.717) is 16.9 Å². The van der Waals surface area contributed by atoms with E-state index in [1.54, 1.807) is 36.4 Å². The zero-order valence-electron chi connectivity index (χ0n) is 18.4. The van der Waals surface area contributed by atoms with Crippen molar-refractivity contribution in [1.82, 2.24) is 0 Å². The molecule has 0 fully saturated rings. The lowest BCUT2D eigenvalue weighted by molar-refractivity contribution is -0.120. The lowest BCUT2D eigenvalue weighted by Crippen LogP contribution is -2.32. The van der Waals surface area contributed by atoms with E-state index in [2.05, 4.69) is 10.6 Å². The van der Waals surface area contributed by atoms with Crippen LogP contribution in [0, 0.1) is 20.8 Å². The number of hydrogen-bond donors (Lipinski definition) is 2. The molecule has 1 aliphatic heterocycles. The number of amides is 3. The Morgan fingerprint density at radius 3 is 2.09 bits per heavy atom. The van der Waals surface area contributed by atoms with E-state index in [0.717, 1.165) is 27.3 Å². The number of carbonyl (C=O) groups is 3. The molecule has 3 aromatic carbocycles. The van der Waals surface area contributed by atoms with Crippen molar-refractivity contribution < 1.29 is 14.4 Å². The molecule has 3 amide bonds. The van der Waals surface area contributed by atoms with Crippen molar-refractivity contribution in [3.05, 3.63) is 99.7 Å². The van der Waals surface area contributed by atoms with Gasteiger partial charge in [0.05, 0.1) is 5.69 Å².